The average Bonchev–Trinajstić information content (AvgIpc) is 2.98. The van der Waals surface area contributed by atoms with Crippen LogP contribution in [0, 0.1) is 11.3 Å². The van der Waals surface area contributed by atoms with Gasteiger partial charge in [-0.05, 0) is 24.6 Å². The monoisotopic (exact) mass is 311 g/mol. The molecule has 0 spiro atoms. The predicted molar refractivity (Wildman–Crippen MR) is 78.1 cm³/mol. The number of imidazole rings is 1. The standard InChI is InChI=1S/C15H13N5O3/c1-2-22-15(21)13-19-11-10(8-3-5-18-6-4-8)9(7-16)12(17)23-14(11)20-13/h3-6,10H,2,17H2,1H3,(H,19,20)/t10-/m0/s1. The van der Waals surface area contributed by atoms with Crippen molar-refractivity contribution in [3.63, 3.8) is 0 Å². The molecule has 2 aromatic rings. The Kier molecular flexibility index (Phi) is 3.68. The third-order valence-electron chi connectivity index (χ3n) is 3.37. The van der Waals surface area contributed by atoms with Crippen LogP contribution >= 0.6 is 0 Å². The number of nitrogens with one attached hydrogen (secondary N) is 1. The zero-order chi connectivity index (χ0) is 16.4. The van der Waals surface area contributed by atoms with Gasteiger partial charge in [-0.25, -0.2) is 4.79 Å². The molecule has 0 saturated heterocycles. The summed E-state index contributed by atoms with van der Waals surface area (Å²) >= 11 is 0. The van der Waals surface area contributed by atoms with Gasteiger partial charge in [0.25, 0.3) is 0 Å². The molecule has 116 valence electrons. The van der Waals surface area contributed by atoms with E-state index in [1.165, 1.54) is 0 Å². The lowest BCUT2D eigenvalue weighted by Crippen LogP contribution is -2.21. The quantitative estimate of drug-likeness (QED) is 0.815. The summed E-state index contributed by atoms with van der Waals surface area (Å²) in [5.74, 6) is -0.989. The van der Waals surface area contributed by atoms with Crippen LogP contribution in [0.25, 0.3) is 0 Å². The van der Waals surface area contributed by atoms with Gasteiger partial charge in [0.05, 0.1) is 18.2 Å². The molecule has 1 atom stereocenters. The largest absolute Gasteiger partial charge is 0.460 e. The van der Waals surface area contributed by atoms with Gasteiger partial charge < -0.3 is 20.2 Å². The Bertz CT molecular complexity index is 819. The molecule has 3 N–H and O–H groups in total. The molecule has 0 aromatic carbocycles. The van der Waals surface area contributed by atoms with Crippen LogP contribution in [0.2, 0.25) is 0 Å². The van der Waals surface area contributed by atoms with Crippen LogP contribution in [-0.2, 0) is 4.74 Å². The molecular formula is C15H13N5O3. The van der Waals surface area contributed by atoms with Crippen molar-refractivity contribution < 1.29 is 14.3 Å². The average molecular weight is 311 g/mol. The molecule has 3 rings (SSSR count). The summed E-state index contributed by atoms with van der Waals surface area (Å²) < 4.78 is 10.3. The maximum Gasteiger partial charge on any atom is 0.374 e. The number of carbonyl (C=O) groups is 1. The van der Waals surface area contributed by atoms with Gasteiger partial charge in [0.1, 0.15) is 11.6 Å². The van der Waals surface area contributed by atoms with E-state index in [9.17, 15) is 10.1 Å². The highest BCUT2D eigenvalue weighted by Gasteiger charge is 2.34. The molecule has 0 amide bonds. The molecule has 0 aliphatic carbocycles. The van der Waals surface area contributed by atoms with Crippen molar-refractivity contribution in [2.24, 2.45) is 5.73 Å². The van der Waals surface area contributed by atoms with Crippen LogP contribution in [0.3, 0.4) is 0 Å². The first-order chi connectivity index (χ1) is 11.2. The number of fused-ring (bicyclic) bond motifs is 1. The van der Waals surface area contributed by atoms with Crippen molar-refractivity contribution in [2.75, 3.05) is 6.61 Å². The Balaban J connectivity index is 2.11. The van der Waals surface area contributed by atoms with E-state index in [1.807, 2.05) is 0 Å². The lowest BCUT2D eigenvalue weighted by molar-refractivity contribution is 0.0512. The number of ether oxygens (including phenoxy) is 2. The second-order valence-electron chi connectivity index (χ2n) is 4.73. The number of esters is 1. The fourth-order valence-electron chi connectivity index (χ4n) is 2.39. The first kappa shape index (κ1) is 14.6. The van der Waals surface area contributed by atoms with Gasteiger partial charge in [-0.3, -0.25) is 4.98 Å². The van der Waals surface area contributed by atoms with Gasteiger partial charge in [-0.2, -0.15) is 10.2 Å². The van der Waals surface area contributed by atoms with Crippen molar-refractivity contribution in [1.29, 1.82) is 5.26 Å². The summed E-state index contributed by atoms with van der Waals surface area (Å²) in [6.45, 7) is 1.92. The molecule has 1 aliphatic heterocycles. The molecule has 0 bridgehead atoms. The second kappa shape index (κ2) is 5.81. The van der Waals surface area contributed by atoms with Gasteiger partial charge in [-0.1, -0.05) is 0 Å². The third kappa shape index (κ3) is 2.48. The highest BCUT2D eigenvalue weighted by molar-refractivity contribution is 5.85. The Hall–Kier alpha value is -3.34. The minimum atomic E-state index is -0.601. The van der Waals surface area contributed by atoms with E-state index in [0.29, 0.717) is 5.69 Å². The summed E-state index contributed by atoms with van der Waals surface area (Å²) in [4.78, 5) is 22.8. The fourth-order valence-corrected chi connectivity index (χ4v) is 2.39. The smallest absolute Gasteiger partial charge is 0.374 e. The lowest BCUT2D eigenvalue weighted by Gasteiger charge is -2.22. The van der Waals surface area contributed by atoms with Gasteiger partial charge in [0.2, 0.25) is 17.6 Å². The number of nitrogens with two attached hydrogens (primary N) is 1. The number of aromatic nitrogens is 3. The summed E-state index contributed by atoms with van der Waals surface area (Å²) in [5.41, 5.74) is 7.32. The Morgan fingerprint density at radius 1 is 1.52 bits per heavy atom. The van der Waals surface area contributed by atoms with Crippen LogP contribution in [0.5, 0.6) is 5.88 Å². The molecule has 1 aliphatic rings. The third-order valence-corrected chi connectivity index (χ3v) is 3.37. The summed E-state index contributed by atoms with van der Waals surface area (Å²) in [5, 5.41) is 9.41. The van der Waals surface area contributed by atoms with Crippen LogP contribution in [0.15, 0.2) is 36.0 Å². The number of hydrogen-bond acceptors (Lipinski definition) is 7. The molecule has 0 radical (unpaired) electrons. The number of pyridine rings is 1. The van der Waals surface area contributed by atoms with Crippen LogP contribution < -0.4 is 10.5 Å². The summed E-state index contributed by atoms with van der Waals surface area (Å²) in [6.07, 6.45) is 3.22. The van der Waals surface area contributed by atoms with Crippen molar-refractivity contribution in [2.45, 2.75) is 12.8 Å². The van der Waals surface area contributed by atoms with E-state index in [1.54, 1.807) is 31.5 Å². The maximum atomic E-state index is 11.8. The zero-order valence-corrected chi connectivity index (χ0v) is 12.2. The Morgan fingerprint density at radius 3 is 2.91 bits per heavy atom. The normalized spacial score (nSPS) is 16.3. The van der Waals surface area contributed by atoms with E-state index in [0.717, 1.165) is 5.56 Å². The maximum absolute atomic E-state index is 11.8. The number of aromatic amines is 1. The molecule has 0 saturated carbocycles. The van der Waals surface area contributed by atoms with E-state index >= 15 is 0 Å². The van der Waals surface area contributed by atoms with Gasteiger partial charge in [-0.15, -0.1) is 0 Å². The molecule has 2 aromatic heterocycles. The van der Waals surface area contributed by atoms with E-state index in [-0.39, 0.29) is 29.8 Å². The highest BCUT2D eigenvalue weighted by Crippen LogP contribution is 2.40. The summed E-state index contributed by atoms with van der Waals surface area (Å²) in [7, 11) is 0. The second-order valence-corrected chi connectivity index (χ2v) is 4.73. The molecule has 23 heavy (non-hydrogen) atoms. The molecular weight excluding hydrogens is 298 g/mol. The van der Waals surface area contributed by atoms with E-state index in [4.69, 9.17) is 15.2 Å². The van der Waals surface area contributed by atoms with E-state index < -0.39 is 11.9 Å². The minimum absolute atomic E-state index is 0.00268. The molecule has 8 heteroatoms. The van der Waals surface area contributed by atoms with Gasteiger partial charge in [0.15, 0.2) is 0 Å². The molecule has 0 fully saturated rings. The number of H-pyrrole nitrogens is 1. The van der Waals surface area contributed by atoms with E-state index in [2.05, 4.69) is 21.0 Å². The number of allylic oxidation sites excluding steroid dienone is 1. The van der Waals surface area contributed by atoms with Gasteiger partial charge >= 0.3 is 5.97 Å². The van der Waals surface area contributed by atoms with Crippen molar-refractivity contribution in [3.8, 4) is 11.9 Å². The zero-order valence-electron chi connectivity index (χ0n) is 12.2. The Labute approximate surface area is 131 Å². The molecule has 3 heterocycles. The number of rotatable bonds is 3. The van der Waals surface area contributed by atoms with Gasteiger partial charge in [0, 0.05) is 12.4 Å². The molecule has 8 nitrogen and oxygen atoms in total. The van der Waals surface area contributed by atoms with Crippen molar-refractivity contribution >= 4 is 5.97 Å². The van der Waals surface area contributed by atoms with Crippen LogP contribution in [0.4, 0.5) is 0 Å². The summed E-state index contributed by atoms with van der Waals surface area (Å²) in [6, 6.07) is 5.57. The Morgan fingerprint density at radius 2 is 2.26 bits per heavy atom. The van der Waals surface area contributed by atoms with Crippen LogP contribution in [-0.4, -0.2) is 27.5 Å². The van der Waals surface area contributed by atoms with Crippen molar-refractivity contribution in [3.05, 3.63) is 53.1 Å². The van der Waals surface area contributed by atoms with Crippen LogP contribution in [0.1, 0.15) is 34.7 Å². The highest BCUT2D eigenvalue weighted by atomic mass is 16.5. The fraction of sp³-hybridized carbons (Fsp3) is 0.200. The lowest BCUT2D eigenvalue weighted by atomic mass is 9.88. The predicted octanol–water partition coefficient (Wildman–Crippen LogP) is 1.20. The minimum Gasteiger partial charge on any atom is -0.460 e. The number of hydrogen-bond donors (Lipinski definition) is 2. The topological polar surface area (TPSA) is 127 Å². The first-order valence-corrected chi connectivity index (χ1v) is 6.90. The number of carbonyl (C=O) groups excluding carboxylic acids is 1. The van der Waals surface area contributed by atoms with Crippen molar-refractivity contribution in [1.82, 2.24) is 15.0 Å². The number of nitriles is 1. The molecule has 0 unspecified atom stereocenters. The first-order valence-electron chi connectivity index (χ1n) is 6.90. The SMILES string of the molecule is CCOC(=O)c1nc2c([nH]1)[C@@H](c1ccncc1)C(C#N)=C(N)O2. The number of nitrogens with zero attached hydrogens (tertiary/aromatic N) is 3.